The molecule has 1 rings (SSSR count). The van der Waals surface area contributed by atoms with Crippen molar-refractivity contribution in [1.29, 1.82) is 0 Å². The second-order valence-electron chi connectivity index (χ2n) is 5.90. The van der Waals surface area contributed by atoms with Crippen molar-refractivity contribution < 1.29 is 33.8 Å². The number of cyclic esters (lactones) is 2. The van der Waals surface area contributed by atoms with Crippen LogP contribution in [0.15, 0.2) is 0 Å². The minimum atomic E-state index is -0.965. The molecule has 0 spiro atoms. The van der Waals surface area contributed by atoms with Gasteiger partial charge in [0.2, 0.25) is 0 Å². The van der Waals surface area contributed by atoms with E-state index in [1.807, 2.05) is 11.8 Å². The zero-order valence-corrected chi connectivity index (χ0v) is 15.3. The maximum absolute atomic E-state index is 11.6. The molecule has 1 aliphatic heterocycles. The smallest absolute Gasteiger partial charge is 0.327 e. The van der Waals surface area contributed by atoms with Crippen LogP contribution in [-0.4, -0.2) is 109 Å². The second-order valence-corrected chi connectivity index (χ2v) is 5.90. The van der Waals surface area contributed by atoms with Gasteiger partial charge in [0.25, 0.3) is 0 Å². The standard InChI is InChI=1S/C16H27N3O7/c1-3-17(10-14(22)25-4-2)5-6-18(9-13(20)21)7-8-19-11-15(23)26-16(24)12-19/h3-12H2,1-2H3,(H,20,21). The van der Waals surface area contributed by atoms with Crippen LogP contribution >= 0.6 is 0 Å². The molecule has 0 atom stereocenters. The fourth-order valence-corrected chi connectivity index (χ4v) is 2.54. The lowest BCUT2D eigenvalue weighted by Gasteiger charge is -2.29. The number of hydrogen-bond donors (Lipinski definition) is 1. The lowest BCUT2D eigenvalue weighted by molar-refractivity contribution is -0.167. The minimum Gasteiger partial charge on any atom is -0.480 e. The van der Waals surface area contributed by atoms with Gasteiger partial charge in [-0.3, -0.25) is 33.9 Å². The van der Waals surface area contributed by atoms with Crippen LogP contribution in [-0.2, 0) is 28.7 Å². The predicted octanol–water partition coefficient (Wildman–Crippen LogP) is -1.36. The Balaban J connectivity index is 2.49. The highest BCUT2D eigenvalue weighted by Gasteiger charge is 2.25. The molecule has 1 N–H and O–H groups in total. The number of esters is 3. The van der Waals surface area contributed by atoms with Gasteiger partial charge in [0.15, 0.2) is 0 Å². The zero-order valence-electron chi connectivity index (χ0n) is 15.3. The molecule has 1 fully saturated rings. The fraction of sp³-hybridized carbons (Fsp3) is 0.750. The molecule has 1 heterocycles. The molecule has 0 amide bonds. The first-order chi connectivity index (χ1) is 12.3. The highest BCUT2D eigenvalue weighted by atomic mass is 16.6. The normalized spacial score (nSPS) is 15.4. The maximum Gasteiger partial charge on any atom is 0.327 e. The SMILES string of the molecule is CCOC(=O)CN(CC)CCN(CCN1CC(=O)OC(=O)C1)CC(=O)O. The molecule has 148 valence electrons. The molecule has 26 heavy (non-hydrogen) atoms. The van der Waals surface area contributed by atoms with Gasteiger partial charge in [-0.2, -0.15) is 0 Å². The van der Waals surface area contributed by atoms with Gasteiger partial charge in [-0.15, -0.1) is 0 Å². The number of ether oxygens (including phenoxy) is 2. The van der Waals surface area contributed by atoms with Crippen LogP contribution in [0.1, 0.15) is 13.8 Å². The molecule has 1 aliphatic rings. The quantitative estimate of drug-likeness (QED) is 0.325. The summed E-state index contributed by atoms with van der Waals surface area (Å²) in [5.74, 6) is -2.48. The summed E-state index contributed by atoms with van der Waals surface area (Å²) in [7, 11) is 0. The Kier molecular flexibility index (Phi) is 9.78. The zero-order chi connectivity index (χ0) is 19.5. The van der Waals surface area contributed by atoms with Gasteiger partial charge in [0.05, 0.1) is 32.8 Å². The number of hydrogen-bond acceptors (Lipinski definition) is 9. The minimum absolute atomic E-state index is 0.0105. The summed E-state index contributed by atoms with van der Waals surface area (Å²) in [6.07, 6.45) is 0. The molecule has 0 aromatic heterocycles. The van der Waals surface area contributed by atoms with Crippen molar-refractivity contribution >= 4 is 23.9 Å². The Morgan fingerprint density at radius 2 is 1.69 bits per heavy atom. The summed E-state index contributed by atoms with van der Waals surface area (Å²) in [6.45, 7) is 6.30. The molecule has 1 saturated heterocycles. The molecule has 0 bridgehead atoms. The van der Waals surface area contributed by atoms with E-state index in [1.54, 1.807) is 16.7 Å². The van der Waals surface area contributed by atoms with E-state index in [-0.39, 0.29) is 32.1 Å². The van der Waals surface area contributed by atoms with Crippen LogP contribution in [0, 0.1) is 0 Å². The lowest BCUT2D eigenvalue weighted by Crippen LogP contribution is -2.47. The number of aliphatic carboxylic acids is 1. The molecule has 10 heteroatoms. The third kappa shape index (κ3) is 8.88. The first-order valence-corrected chi connectivity index (χ1v) is 8.62. The number of carboxylic acid groups (broad SMARTS) is 1. The molecular formula is C16H27N3O7. The highest BCUT2D eigenvalue weighted by molar-refractivity contribution is 5.90. The molecule has 0 unspecified atom stereocenters. The Morgan fingerprint density at radius 3 is 2.23 bits per heavy atom. The Labute approximate surface area is 152 Å². The number of carbonyl (C=O) groups is 4. The fourth-order valence-electron chi connectivity index (χ4n) is 2.54. The van der Waals surface area contributed by atoms with Crippen LogP contribution in [0.2, 0.25) is 0 Å². The van der Waals surface area contributed by atoms with E-state index >= 15 is 0 Å². The van der Waals surface area contributed by atoms with Crippen molar-refractivity contribution in [1.82, 2.24) is 14.7 Å². The molecule has 0 aromatic carbocycles. The van der Waals surface area contributed by atoms with Crippen molar-refractivity contribution in [2.75, 3.05) is 65.5 Å². The van der Waals surface area contributed by atoms with E-state index < -0.39 is 17.9 Å². The third-order valence-corrected chi connectivity index (χ3v) is 3.86. The Morgan fingerprint density at radius 1 is 1.08 bits per heavy atom. The number of carbonyl (C=O) groups excluding carboxylic acids is 3. The number of rotatable bonds is 12. The topological polar surface area (TPSA) is 117 Å². The predicted molar refractivity (Wildman–Crippen MR) is 90.4 cm³/mol. The van der Waals surface area contributed by atoms with Crippen LogP contribution < -0.4 is 0 Å². The van der Waals surface area contributed by atoms with E-state index in [2.05, 4.69) is 4.74 Å². The molecular weight excluding hydrogens is 346 g/mol. The lowest BCUT2D eigenvalue weighted by atomic mass is 10.3. The maximum atomic E-state index is 11.6. The van der Waals surface area contributed by atoms with Crippen LogP contribution in [0.5, 0.6) is 0 Å². The number of nitrogens with zero attached hydrogens (tertiary/aromatic N) is 3. The summed E-state index contributed by atoms with van der Waals surface area (Å²) in [4.78, 5) is 50.4. The summed E-state index contributed by atoms with van der Waals surface area (Å²) >= 11 is 0. The Hall–Kier alpha value is -2.04. The summed E-state index contributed by atoms with van der Waals surface area (Å²) in [5.41, 5.74) is 0. The molecule has 0 saturated carbocycles. The van der Waals surface area contributed by atoms with E-state index in [0.29, 0.717) is 39.3 Å². The largest absolute Gasteiger partial charge is 0.480 e. The van der Waals surface area contributed by atoms with Crippen LogP contribution in [0.25, 0.3) is 0 Å². The molecule has 0 aliphatic carbocycles. The van der Waals surface area contributed by atoms with E-state index in [9.17, 15) is 19.2 Å². The first kappa shape index (κ1) is 22.0. The van der Waals surface area contributed by atoms with Crippen molar-refractivity contribution in [3.63, 3.8) is 0 Å². The van der Waals surface area contributed by atoms with Gasteiger partial charge < -0.3 is 14.6 Å². The van der Waals surface area contributed by atoms with E-state index in [1.165, 1.54) is 0 Å². The van der Waals surface area contributed by atoms with Crippen molar-refractivity contribution in [3.8, 4) is 0 Å². The van der Waals surface area contributed by atoms with Crippen molar-refractivity contribution in [2.24, 2.45) is 0 Å². The summed E-state index contributed by atoms with van der Waals surface area (Å²) < 4.78 is 9.38. The Bertz CT molecular complexity index is 496. The molecule has 0 aromatic rings. The highest BCUT2D eigenvalue weighted by Crippen LogP contribution is 2.01. The van der Waals surface area contributed by atoms with Crippen LogP contribution in [0.4, 0.5) is 0 Å². The third-order valence-electron chi connectivity index (χ3n) is 3.86. The first-order valence-electron chi connectivity index (χ1n) is 8.62. The summed E-state index contributed by atoms with van der Waals surface area (Å²) in [6, 6.07) is 0. The van der Waals surface area contributed by atoms with Crippen molar-refractivity contribution in [3.05, 3.63) is 0 Å². The number of carboxylic acids is 1. The average molecular weight is 373 g/mol. The van der Waals surface area contributed by atoms with Gasteiger partial charge in [-0.05, 0) is 13.5 Å². The van der Waals surface area contributed by atoms with Gasteiger partial charge in [0.1, 0.15) is 0 Å². The van der Waals surface area contributed by atoms with E-state index in [4.69, 9.17) is 9.84 Å². The van der Waals surface area contributed by atoms with Gasteiger partial charge >= 0.3 is 23.9 Å². The number of morpholine rings is 1. The monoisotopic (exact) mass is 373 g/mol. The molecule has 0 radical (unpaired) electrons. The van der Waals surface area contributed by atoms with Gasteiger partial charge in [-0.25, -0.2) is 0 Å². The van der Waals surface area contributed by atoms with Crippen LogP contribution in [0.3, 0.4) is 0 Å². The van der Waals surface area contributed by atoms with Gasteiger partial charge in [0, 0.05) is 26.2 Å². The summed E-state index contributed by atoms with van der Waals surface area (Å²) in [5, 5.41) is 9.07. The second kappa shape index (κ2) is 11.6. The van der Waals surface area contributed by atoms with Crippen molar-refractivity contribution in [2.45, 2.75) is 13.8 Å². The average Bonchev–Trinajstić information content (AvgIpc) is 2.55. The van der Waals surface area contributed by atoms with E-state index in [0.717, 1.165) is 0 Å². The van der Waals surface area contributed by atoms with Gasteiger partial charge in [-0.1, -0.05) is 6.92 Å². The molecule has 10 nitrogen and oxygen atoms in total. The number of likely N-dealkylation sites (N-methyl/N-ethyl adjacent to an activating group) is 1.